The molecule has 0 radical (unpaired) electrons. The predicted octanol–water partition coefficient (Wildman–Crippen LogP) is 1.45. The largest absolute Gasteiger partial charge is 0.461 e. The van der Waals surface area contributed by atoms with Crippen molar-refractivity contribution in [3.63, 3.8) is 0 Å². The van der Waals surface area contributed by atoms with Crippen molar-refractivity contribution in [3.8, 4) is 0 Å². The van der Waals surface area contributed by atoms with Gasteiger partial charge in [-0.1, -0.05) is 0 Å². The Labute approximate surface area is 99.6 Å². The van der Waals surface area contributed by atoms with E-state index in [-0.39, 0.29) is 5.97 Å². The third kappa shape index (κ3) is 2.55. The van der Waals surface area contributed by atoms with Gasteiger partial charge in [-0.2, -0.15) is 5.10 Å². The molecule has 0 fully saturated rings. The molecule has 0 amide bonds. The second-order valence-corrected chi connectivity index (χ2v) is 3.76. The molecule has 17 heavy (non-hydrogen) atoms. The van der Waals surface area contributed by atoms with Gasteiger partial charge in [0.1, 0.15) is 5.69 Å². The maximum atomic E-state index is 11.7. The Morgan fingerprint density at radius 2 is 2.35 bits per heavy atom. The molecule has 0 N–H and O–H groups in total. The lowest BCUT2D eigenvalue weighted by molar-refractivity contribution is 0.0514. The van der Waals surface area contributed by atoms with E-state index in [2.05, 4.69) is 5.10 Å². The van der Waals surface area contributed by atoms with E-state index in [1.807, 2.05) is 30.1 Å². The highest BCUT2D eigenvalue weighted by Crippen LogP contribution is 2.08. The van der Waals surface area contributed by atoms with Crippen LogP contribution in [-0.2, 0) is 18.3 Å². The Morgan fingerprint density at radius 3 is 3.00 bits per heavy atom. The van der Waals surface area contributed by atoms with Crippen LogP contribution in [0.15, 0.2) is 30.7 Å². The number of aryl methyl sites for hydroxylation is 1. The van der Waals surface area contributed by atoms with Gasteiger partial charge in [0, 0.05) is 25.0 Å². The molecule has 0 aliphatic heterocycles. The zero-order valence-electron chi connectivity index (χ0n) is 9.96. The van der Waals surface area contributed by atoms with Crippen LogP contribution in [0.25, 0.3) is 0 Å². The average Bonchev–Trinajstić information content (AvgIpc) is 2.89. The maximum absolute atomic E-state index is 11.7. The van der Waals surface area contributed by atoms with Crippen LogP contribution in [0.2, 0.25) is 0 Å². The number of rotatable bonds is 4. The Hall–Kier alpha value is -2.04. The number of hydrogen-bond acceptors (Lipinski definition) is 3. The van der Waals surface area contributed by atoms with Crippen LogP contribution in [-0.4, -0.2) is 26.9 Å². The second-order valence-electron chi connectivity index (χ2n) is 3.76. The molecule has 0 aliphatic rings. The highest BCUT2D eigenvalue weighted by Gasteiger charge is 2.11. The van der Waals surface area contributed by atoms with Gasteiger partial charge in [0.2, 0.25) is 0 Å². The molecule has 0 aliphatic carbocycles. The van der Waals surface area contributed by atoms with E-state index >= 15 is 0 Å². The molecule has 0 aromatic carbocycles. The minimum atomic E-state index is -0.290. The van der Waals surface area contributed by atoms with Crippen molar-refractivity contribution in [3.05, 3.63) is 42.0 Å². The molecule has 2 rings (SSSR count). The van der Waals surface area contributed by atoms with E-state index in [1.54, 1.807) is 23.9 Å². The minimum Gasteiger partial charge on any atom is -0.461 e. The summed E-state index contributed by atoms with van der Waals surface area (Å²) in [4.78, 5) is 11.7. The SMILES string of the molecule is CCOC(=O)c1cccn1Cc1cnn(C)c1. The lowest BCUT2D eigenvalue weighted by Gasteiger charge is -2.06. The molecule has 0 atom stereocenters. The molecule has 0 bridgehead atoms. The van der Waals surface area contributed by atoms with Crippen LogP contribution in [0.1, 0.15) is 23.0 Å². The van der Waals surface area contributed by atoms with Gasteiger partial charge in [-0.3, -0.25) is 4.68 Å². The predicted molar refractivity (Wildman–Crippen MR) is 62.7 cm³/mol. The van der Waals surface area contributed by atoms with Gasteiger partial charge < -0.3 is 9.30 Å². The summed E-state index contributed by atoms with van der Waals surface area (Å²) in [5, 5.41) is 4.10. The van der Waals surface area contributed by atoms with Crippen molar-refractivity contribution < 1.29 is 9.53 Å². The molecular formula is C12H15N3O2. The van der Waals surface area contributed by atoms with Crippen molar-refractivity contribution in [2.24, 2.45) is 7.05 Å². The van der Waals surface area contributed by atoms with Crippen molar-refractivity contribution in [2.75, 3.05) is 6.61 Å². The van der Waals surface area contributed by atoms with Crippen LogP contribution >= 0.6 is 0 Å². The molecule has 90 valence electrons. The normalized spacial score (nSPS) is 10.5. The first-order valence-electron chi connectivity index (χ1n) is 5.50. The number of carbonyl (C=O) groups excluding carboxylic acids is 1. The van der Waals surface area contributed by atoms with Crippen LogP contribution in [0.5, 0.6) is 0 Å². The fourth-order valence-electron chi connectivity index (χ4n) is 1.69. The number of ether oxygens (including phenoxy) is 1. The first-order valence-corrected chi connectivity index (χ1v) is 5.50. The number of aromatic nitrogens is 3. The van der Waals surface area contributed by atoms with Gasteiger partial charge in [-0.25, -0.2) is 4.79 Å². The lowest BCUT2D eigenvalue weighted by atomic mass is 10.3. The summed E-state index contributed by atoms with van der Waals surface area (Å²) in [6.45, 7) is 2.80. The fourth-order valence-corrected chi connectivity index (χ4v) is 1.69. The van der Waals surface area contributed by atoms with Gasteiger partial charge in [-0.15, -0.1) is 0 Å². The number of hydrogen-bond donors (Lipinski definition) is 0. The average molecular weight is 233 g/mol. The first-order chi connectivity index (χ1) is 8.20. The van der Waals surface area contributed by atoms with Crippen LogP contribution in [0.4, 0.5) is 0 Å². The van der Waals surface area contributed by atoms with Gasteiger partial charge in [0.05, 0.1) is 19.3 Å². The summed E-state index contributed by atoms with van der Waals surface area (Å²) < 4.78 is 8.58. The van der Waals surface area contributed by atoms with Crippen LogP contribution < -0.4 is 0 Å². The molecule has 0 saturated heterocycles. The highest BCUT2D eigenvalue weighted by molar-refractivity contribution is 5.87. The van der Waals surface area contributed by atoms with Crippen LogP contribution in [0, 0.1) is 0 Å². The molecule has 0 spiro atoms. The highest BCUT2D eigenvalue weighted by atomic mass is 16.5. The maximum Gasteiger partial charge on any atom is 0.354 e. The summed E-state index contributed by atoms with van der Waals surface area (Å²) >= 11 is 0. The van der Waals surface area contributed by atoms with Crippen molar-refractivity contribution in [1.29, 1.82) is 0 Å². The second kappa shape index (κ2) is 4.86. The Morgan fingerprint density at radius 1 is 1.53 bits per heavy atom. The molecule has 2 heterocycles. The fraction of sp³-hybridized carbons (Fsp3) is 0.333. The monoisotopic (exact) mass is 233 g/mol. The van der Waals surface area contributed by atoms with Crippen molar-refractivity contribution >= 4 is 5.97 Å². The minimum absolute atomic E-state index is 0.290. The van der Waals surface area contributed by atoms with Gasteiger partial charge in [-0.05, 0) is 19.1 Å². The molecule has 0 unspecified atom stereocenters. The Balaban J connectivity index is 2.16. The first kappa shape index (κ1) is 11.4. The zero-order valence-corrected chi connectivity index (χ0v) is 9.96. The number of nitrogens with zero attached hydrogens (tertiary/aromatic N) is 3. The smallest absolute Gasteiger partial charge is 0.354 e. The van der Waals surface area contributed by atoms with E-state index in [0.717, 1.165) is 5.56 Å². The molecule has 2 aromatic rings. The molecule has 2 aromatic heterocycles. The Kier molecular flexibility index (Phi) is 3.27. The number of esters is 1. The zero-order chi connectivity index (χ0) is 12.3. The summed E-state index contributed by atoms with van der Waals surface area (Å²) in [7, 11) is 1.87. The van der Waals surface area contributed by atoms with Gasteiger partial charge in [0.15, 0.2) is 0 Å². The summed E-state index contributed by atoms with van der Waals surface area (Å²) in [5.74, 6) is -0.290. The van der Waals surface area contributed by atoms with E-state index in [1.165, 1.54) is 0 Å². The van der Waals surface area contributed by atoms with E-state index in [9.17, 15) is 4.79 Å². The quantitative estimate of drug-likeness (QED) is 0.751. The summed E-state index contributed by atoms with van der Waals surface area (Å²) in [5.41, 5.74) is 1.62. The molecular weight excluding hydrogens is 218 g/mol. The van der Waals surface area contributed by atoms with Gasteiger partial charge >= 0.3 is 5.97 Å². The summed E-state index contributed by atoms with van der Waals surface area (Å²) in [6, 6.07) is 3.59. The molecule has 5 heteroatoms. The topological polar surface area (TPSA) is 49.1 Å². The van der Waals surface area contributed by atoms with E-state index < -0.39 is 0 Å². The van der Waals surface area contributed by atoms with E-state index in [0.29, 0.717) is 18.8 Å². The van der Waals surface area contributed by atoms with Crippen LogP contribution in [0.3, 0.4) is 0 Å². The lowest BCUT2D eigenvalue weighted by Crippen LogP contribution is -2.12. The van der Waals surface area contributed by atoms with Crippen molar-refractivity contribution in [2.45, 2.75) is 13.5 Å². The molecule has 0 saturated carbocycles. The third-order valence-electron chi connectivity index (χ3n) is 2.43. The summed E-state index contributed by atoms with van der Waals surface area (Å²) in [6.07, 6.45) is 5.57. The number of carbonyl (C=O) groups is 1. The standard InChI is InChI=1S/C12H15N3O2/c1-3-17-12(16)11-5-4-6-15(11)9-10-7-13-14(2)8-10/h4-8H,3,9H2,1-2H3. The van der Waals surface area contributed by atoms with Crippen molar-refractivity contribution in [1.82, 2.24) is 14.3 Å². The third-order valence-corrected chi connectivity index (χ3v) is 2.43. The molecule has 5 nitrogen and oxygen atoms in total. The van der Waals surface area contributed by atoms with E-state index in [4.69, 9.17) is 4.74 Å². The van der Waals surface area contributed by atoms with Gasteiger partial charge in [0.25, 0.3) is 0 Å². The Bertz CT molecular complexity index is 513.